The number of nitrogens with zero attached hydrogens (tertiary/aromatic N) is 4. The smallest absolute Gasteiger partial charge is 0.317 e. The number of hydrogen-bond donors (Lipinski definition) is 2. The molecule has 0 bridgehead atoms. The van der Waals surface area contributed by atoms with Gasteiger partial charge in [0.15, 0.2) is 0 Å². The zero-order chi connectivity index (χ0) is 24.5. The van der Waals surface area contributed by atoms with E-state index in [0.717, 1.165) is 36.0 Å². The molecule has 0 saturated carbocycles. The maximum absolute atomic E-state index is 12.7. The molecule has 0 spiro atoms. The number of hydrogen-bond acceptors (Lipinski definition) is 7. The summed E-state index contributed by atoms with van der Waals surface area (Å²) in [4.78, 5) is 19.1. The molecule has 9 nitrogen and oxygen atoms in total. The zero-order valence-electron chi connectivity index (χ0n) is 19.8. The molecule has 2 aliphatic rings. The summed E-state index contributed by atoms with van der Waals surface area (Å²) in [6, 6.07) is 13.3. The van der Waals surface area contributed by atoms with Crippen molar-refractivity contribution < 1.29 is 14.1 Å². The number of aromatic nitrogens is 2. The lowest BCUT2D eigenvalue weighted by Gasteiger charge is -2.21. The number of urea groups is 1. The van der Waals surface area contributed by atoms with Crippen LogP contribution in [0, 0.1) is 11.3 Å². The number of nitriles is 1. The van der Waals surface area contributed by atoms with Crippen LogP contribution in [0.25, 0.3) is 22.8 Å². The number of amides is 2. The highest BCUT2D eigenvalue weighted by Gasteiger charge is 2.30. The van der Waals surface area contributed by atoms with Crippen molar-refractivity contribution in [2.24, 2.45) is 5.73 Å². The molecule has 2 heterocycles. The number of carbonyl (C=O) groups excluding carboxylic acids is 1. The first-order valence-corrected chi connectivity index (χ1v) is 11.9. The average Bonchev–Trinajstić information content (AvgIpc) is 3.59. The maximum Gasteiger partial charge on any atom is 0.317 e. The Kier molecular flexibility index (Phi) is 6.14. The largest absolute Gasteiger partial charge is 0.490 e. The molecule has 0 radical (unpaired) electrons. The number of ether oxygens (including phenoxy) is 1. The van der Waals surface area contributed by atoms with E-state index in [4.69, 9.17) is 15.0 Å². The normalized spacial score (nSPS) is 19.0. The van der Waals surface area contributed by atoms with Crippen LogP contribution in [0.3, 0.4) is 0 Å². The molecule has 2 amide bonds. The summed E-state index contributed by atoms with van der Waals surface area (Å²) in [7, 11) is 0. The molecule has 3 N–H and O–H groups in total. The zero-order valence-corrected chi connectivity index (χ0v) is 19.8. The van der Waals surface area contributed by atoms with E-state index in [-0.39, 0.29) is 24.2 Å². The number of fused-ring (bicyclic) bond motifs is 1. The van der Waals surface area contributed by atoms with Gasteiger partial charge in [-0.15, -0.1) is 0 Å². The highest BCUT2D eigenvalue weighted by Crippen LogP contribution is 2.38. The summed E-state index contributed by atoms with van der Waals surface area (Å²) in [5, 5.41) is 16.9. The molecule has 180 valence electrons. The molecule has 1 aromatic heterocycles. The van der Waals surface area contributed by atoms with Crippen molar-refractivity contribution in [1.29, 1.82) is 5.26 Å². The fraction of sp³-hybridized carbons (Fsp3) is 0.385. The third-order valence-corrected chi connectivity index (χ3v) is 6.46. The van der Waals surface area contributed by atoms with Crippen molar-refractivity contribution in [1.82, 2.24) is 20.4 Å². The van der Waals surface area contributed by atoms with Gasteiger partial charge in [0.25, 0.3) is 5.89 Å². The molecule has 0 unspecified atom stereocenters. The summed E-state index contributed by atoms with van der Waals surface area (Å²) in [5.74, 6) is 1.34. The fourth-order valence-corrected chi connectivity index (χ4v) is 4.78. The van der Waals surface area contributed by atoms with Crippen LogP contribution in [0.2, 0.25) is 0 Å². The van der Waals surface area contributed by atoms with Crippen LogP contribution in [0.1, 0.15) is 49.4 Å². The van der Waals surface area contributed by atoms with Crippen molar-refractivity contribution >= 4 is 6.03 Å². The molecule has 2 atom stereocenters. The minimum absolute atomic E-state index is 0.0373. The van der Waals surface area contributed by atoms with Crippen molar-refractivity contribution in [3.8, 4) is 34.7 Å². The van der Waals surface area contributed by atoms with Crippen LogP contribution >= 0.6 is 0 Å². The van der Waals surface area contributed by atoms with Gasteiger partial charge in [-0.1, -0.05) is 23.4 Å². The van der Waals surface area contributed by atoms with Crippen LogP contribution < -0.4 is 15.8 Å². The third-order valence-electron chi connectivity index (χ3n) is 6.46. The summed E-state index contributed by atoms with van der Waals surface area (Å²) >= 11 is 0. The van der Waals surface area contributed by atoms with Crippen LogP contribution in [0.5, 0.6) is 5.75 Å². The molecule has 3 aromatic rings. The lowest BCUT2D eigenvalue weighted by Crippen LogP contribution is -2.41. The summed E-state index contributed by atoms with van der Waals surface area (Å²) in [6.45, 7) is 5.11. The maximum atomic E-state index is 12.7. The Morgan fingerprint density at radius 1 is 1.31 bits per heavy atom. The number of benzene rings is 2. The lowest BCUT2D eigenvalue weighted by molar-refractivity contribution is 0.204. The van der Waals surface area contributed by atoms with Crippen molar-refractivity contribution in [2.75, 3.05) is 13.1 Å². The summed E-state index contributed by atoms with van der Waals surface area (Å²) in [6.07, 6.45) is 2.41. The first-order valence-electron chi connectivity index (χ1n) is 11.9. The second-order valence-electron chi connectivity index (χ2n) is 9.32. The van der Waals surface area contributed by atoms with E-state index in [2.05, 4.69) is 21.5 Å². The number of likely N-dealkylation sites (tertiary alicyclic amines) is 1. The van der Waals surface area contributed by atoms with E-state index in [1.807, 2.05) is 32.0 Å². The van der Waals surface area contributed by atoms with Crippen molar-refractivity contribution in [3.63, 3.8) is 0 Å². The molecule has 2 aromatic carbocycles. The summed E-state index contributed by atoms with van der Waals surface area (Å²) < 4.78 is 11.3. The van der Waals surface area contributed by atoms with Crippen LogP contribution in [-0.4, -0.2) is 46.3 Å². The molecule has 1 aliphatic heterocycles. The van der Waals surface area contributed by atoms with E-state index in [0.29, 0.717) is 41.7 Å². The van der Waals surface area contributed by atoms with Gasteiger partial charge in [0.1, 0.15) is 11.8 Å². The number of carbonyl (C=O) groups is 1. The summed E-state index contributed by atoms with van der Waals surface area (Å²) in [5.41, 5.74) is 10.1. The SMILES string of the molecule is CC(C)Oc1ccc(-c2nc(-c3cccc4c3CC[C@H]4NC(=O)N3CC[C@H](N)C3)no2)cc1C#N. The van der Waals surface area contributed by atoms with Gasteiger partial charge in [0.2, 0.25) is 5.82 Å². The Morgan fingerprint density at radius 3 is 2.91 bits per heavy atom. The third kappa shape index (κ3) is 4.57. The van der Waals surface area contributed by atoms with Gasteiger partial charge in [0.05, 0.1) is 17.7 Å². The highest BCUT2D eigenvalue weighted by molar-refractivity contribution is 5.76. The average molecular weight is 473 g/mol. The first-order chi connectivity index (χ1) is 16.9. The molecule has 1 aliphatic carbocycles. The van der Waals surface area contributed by atoms with Gasteiger partial charge in [-0.2, -0.15) is 10.2 Å². The van der Waals surface area contributed by atoms with Crippen LogP contribution in [-0.2, 0) is 6.42 Å². The minimum Gasteiger partial charge on any atom is -0.490 e. The van der Waals surface area contributed by atoms with Crippen molar-refractivity contribution in [3.05, 3.63) is 53.1 Å². The van der Waals surface area contributed by atoms with E-state index >= 15 is 0 Å². The lowest BCUT2D eigenvalue weighted by atomic mass is 10.0. The predicted molar refractivity (Wildman–Crippen MR) is 129 cm³/mol. The van der Waals surface area contributed by atoms with Gasteiger partial charge in [-0.25, -0.2) is 4.79 Å². The molecular weight excluding hydrogens is 444 g/mol. The van der Waals surface area contributed by atoms with Crippen LogP contribution in [0.15, 0.2) is 40.9 Å². The van der Waals surface area contributed by atoms with E-state index in [9.17, 15) is 10.1 Å². The Hall–Kier alpha value is -3.90. The molecule has 5 rings (SSSR count). The van der Waals surface area contributed by atoms with Gasteiger partial charge >= 0.3 is 6.03 Å². The van der Waals surface area contributed by atoms with E-state index < -0.39 is 0 Å². The standard InChI is InChI=1S/C26H28N6O3/c1-15(2)34-23-9-6-16(12-17(23)13-27)25-30-24(31-35-25)21-5-3-4-20-19(21)7-8-22(20)29-26(33)32-11-10-18(28)14-32/h3-6,9,12,15,18,22H,7-8,10-11,14,28H2,1-2H3,(H,29,33)/t18-,22+/m0/s1. The number of nitrogens with one attached hydrogen (secondary N) is 1. The van der Waals surface area contributed by atoms with Gasteiger partial charge in [0, 0.05) is 30.3 Å². The Morgan fingerprint density at radius 2 is 2.17 bits per heavy atom. The van der Waals surface area contributed by atoms with Gasteiger partial charge in [-0.05, 0) is 62.4 Å². The Labute approximate surface area is 203 Å². The number of nitrogens with two attached hydrogens (primary N) is 1. The van der Waals surface area contributed by atoms with Gasteiger partial charge in [-0.3, -0.25) is 0 Å². The fourth-order valence-electron chi connectivity index (χ4n) is 4.78. The highest BCUT2D eigenvalue weighted by atomic mass is 16.5. The minimum atomic E-state index is -0.0683. The number of rotatable bonds is 5. The monoisotopic (exact) mass is 472 g/mol. The molecule has 1 saturated heterocycles. The topological polar surface area (TPSA) is 130 Å². The molecule has 1 fully saturated rings. The Bertz CT molecular complexity index is 1290. The van der Waals surface area contributed by atoms with E-state index in [1.54, 1.807) is 23.1 Å². The predicted octanol–water partition coefficient (Wildman–Crippen LogP) is 3.79. The second kappa shape index (κ2) is 9.39. The van der Waals surface area contributed by atoms with Gasteiger partial charge < -0.3 is 25.2 Å². The Balaban J connectivity index is 1.37. The van der Waals surface area contributed by atoms with Crippen molar-refractivity contribution in [2.45, 2.75) is 51.3 Å². The second-order valence-corrected chi connectivity index (χ2v) is 9.32. The van der Waals surface area contributed by atoms with Crippen LogP contribution in [0.4, 0.5) is 4.79 Å². The molecule has 9 heteroatoms. The quantitative estimate of drug-likeness (QED) is 0.578. The molecule has 35 heavy (non-hydrogen) atoms. The first kappa shape index (κ1) is 22.9. The van der Waals surface area contributed by atoms with E-state index in [1.165, 1.54) is 0 Å². The molecular formula is C26H28N6O3.